The van der Waals surface area contributed by atoms with Crippen LogP contribution in [0.3, 0.4) is 0 Å². The van der Waals surface area contributed by atoms with Crippen molar-refractivity contribution in [3.05, 3.63) is 166 Å². The number of benzene rings is 6. The van der Waals surface area contributed by atoms with Crippen molar-refractivity contribution < 1.29 is 19.2 Å². The molecule has 0 N–H and O–H groups in total. The minimum Gasteiger partial charge on any atom is -0.274 e. The van der Waals surface area contributed by atoms with Crippen molar-refractivity contribution in [1.82, 2.24) is 9.80 Å². The summed E-state index contributed by atoms with van der Waals surface area (Å²) in [7, 11) is 0. The normalized spacial score (nSPS) is 13.3. The van der Waals surface area contributed by atoms with Crippen LogP contribution in [-0.2, 0) is 25.7 Å². The van der Waals surface area contributed by atoms with Gasteiger partial charge in [-0.3, -0.25) is 29.0 Å². The first-order chi connectivity index (χ1) is 30.4. The van der Waals surface area contributed by atoms with Crippen LogP contribution in [0.15, 0.2) is 121 Å². The number of hydrogen-bond acceptors (Lipinski definition) is 4. The minimum atomic E-state index is -0.146. The standard InChI is InChI=1S/C36H39NO2.C20H23NO2/c1-2-3-4-5-6-13-26-37-35(38)33-30(20-18-27-14-9-7-10-15-27)24-22-29-23-25-31(34(32(29)33)36(37)39)21-19-28-16-11-8-12-17-28;1-2-3-4-5-6-7-14-21-19(22)16-12-8-10-15-11-9-13-17(18(15)16)20(21)23/h7-12,14-17,22-25H,2-6,13,18-21,26H2,1H3;8-13H,2-7,14H2,1H3. The molecule has 2 aliphatic heterocycles. The molecule has 6 nitrogen and oxygen atoms in total. The summed E-state index contributed by atoms with van der Waals surface area (Å²) in [6.45, 7) is 5.43. The number of hydrogen-bond donors (Lipinski definition) is 0. The van der Waals surface area contributed by atoms with Crippen LogP contribution in [-0.4, -0.2) is 46.5 Å². The van der Waals surface area contributed by atoms with E-state index in [9.17, 15) is 19.2 Å². The highest BCUT2D eigenvalue weighted by Gasteiger charge is 2.36. The summed E-state index contributed by atoms with van der Waals surface area (Å²) in [5.74, 6) is -0.523. The Labute approximate surface area is 368 Å². The predicted octanol–water partition coefficient (Wildman–Crippen LogP) is 13.2. The molecule has 0 atom stereocenters. The van der Waals surface area contributed by atoms with E-state index in [0.717, 1.165) is 102 Å². The van der Waals surface area contributed by atoms with Crippen molar-refractivity contribution in [1.29, 1.82) is 0 Å². The molecule has 2 heterocycles. The van der Waals surface area contributed by atoms with E-state index in [1.165, 1.54) is 61.0 Å². The summed E-state index contributed by atoms with van der Waals surface area (Å²) in [4.78, 5) is 56.4. The number of carbonyl (C=O) groups is 4. The number of amides is 4. The van der Waals surface area contributed by atoms with Crippen molar-refractivity contribution >= 4 is 45.2 Å². The van der Waals surface area contributed by atoms with Crippen molar-refractivity contribution in [2.45, 2.75) is 117 Å². The van der Waals surface area contributed by atoms with Gasteiger partial charge in [0.15, 0.2) is 0 Å². The zero-order valence-corrected chi connectivity index (χ0v) is 36.8. The van der Waals surface area contributed by atoms with Gasteiger partial charge in [0, 0.05) is 35.0 Å². The molecule has 6 heteroatoms. The fraction of sp³-hybridized carbons (Fsp3) is 0.357. The van der Waals surface area contributed by atoms with Gasteiger partial charge in [-0.15, -0.1) is 0 Å². The van der Waals surface area contributed by atoms with E-state index in [4.69, 9.17) is 0 Å². The molecule has 0 fully saturated rings. The monoisotopic (exact) mass is 826 g/mol. The van der Waals surface area contributed by atoms with Gasteiger partial charge in [0.25, 0.3) is 23.6 Å². The van der Waals surface area contributed by atoms with Crippen molar-refractivity contribution in [2.75, 3.05) is 13.1 Å². The van der Waals surface area contributed by atoms with Gasteiger partial charge in [0.1, 0.15) is 0 Å². The molecule has 0 spiro atoms. The van der Waals surface area contributed by atoms with Gasteiger partial charge >= 0.3 is 0 Å². The Balaban J connectivity index is 0.000000213. The van der Waals surface area contributed by atoms with E-state index in [2.05, 4.69) is 86.6 Å². The van der Waals surface area contributed by atoms with Gasteiger partial charge in [0.05, 0.1) is 11.1 Å². The maximum Gasteiger partial charge on any atom is 0.261 e. The average molecular weight is 827 g/mol. The van der Waals surface area contributed by atoms with E-state index in [0.29, 0.717) is 24.2 Å². The molecule has 2 aliphatic rings. The molecule has 320 valence electrons. The molecule has 8 rings (SSSR count). The van der Waals surface area contributed by atoms with Crippen molar-refractivity contribution in [2.24, 2.45) is 0 Å². The second-order valence-electron chi connectivity index (χ2n) is 17.0. The Kier molecular flexibility index (Phi) is 15.5. The predicted molar refractivity (Wildman–Crippen MR) is 253 cm³/mol. The smallest absolute Gasteiger partial charge is 0.261 e. The zero-order valence-electron chi connectivity index (χ0n) is 36.8. The first-order valence-electron chi connectivity index (χ1n) is 23.3. The molecule has 6 aromatic carbocycles. The van der Waals surface area contributed by atoms with Crippen LogP contribution >= 0.6 is 0 Å². The quantitative estimate of drug-likeness (QED) is 0.0567. The lowest BCUT2D eigenvalue weighted by atomic mass is 9.85. The number of aryl methyl sites for hydroxylation is 4. The Morgan fingerprint density at radius 2 is 0.758 bits per heavy atom. The van der Waals surface area contributed by atoms with Crippen LogP contribution in [0.25, 0.3) is 21.5 Å². The van der Waals surface area contributed by atoms with Crippen LogP contribution in [0.5, 0.6) is 0 Å². The van der Waals surface area contributed by atoms with E-state index in [1.807, 2.05) is 48.5 Å². The lowest BCUT2D eigenvalue weighted by Gasteiger charge is -2.30. The van der Waals surface area contributed by atoms with Gasteiger partial charge in [-0.2, -0.15) is 0 Å². The highest BCUT2D eigenvalue weighted by atomic mass is 16.2. The summed E-state index contributed by atoms with van der Waals surface area (Å²) in [6, 6.07) is 40.5. The third-order valence-corrected chi connectivity index (χ3v) is 12.7. The molecule has 62 heavy (non-hydrogen) atoms. The lowest BCUT2D eigenvalue weighted by molar-refractivity contribution is 0.0591. The maximum absolute atomic E-state index is 14.0. The highest BCUT2D eigenvalue weighted by Crippen LogP contribution is 2.36. The number of imide groups is 2. The summed E-state index contributed by atoms with van der Waals surface area (Å²) in [5, 5.41) is 3.61. The number of rotatable bonds is 20. The van der Waals surface area contributed by atoms with Gasteiger partial charge in [0.2, 0.25) is 0 Å². The second-order valence-corrected chi connectivity index (χ2v) is 17.0. The fourth-order valence-corrected chi connectivity index (χ4v) is 9.21. The minimum absolute atomic E-state index is 0.116. The van der Waals surface area contributed by atoms with E-state index in [-0.39, 0.29) is 23.6 Å². The van der Waals surface area contributed by atoms with Crippen LogP contribution in [0.4, 0.5) is 0 Å². The SMILES string of the molecule is CCCCCCCCN1C(=O)c2c(CCc3ccccc3)ccc3ccc(CCc4ccccc4)c(c23)C1=O.CCCCCCCCN1C(=O)c2cccc3cccc(c23)C1=O. The molecule has 6 aromatic rings. The molecule has 0 saturated heterocycles. The van der Waals surface area contributed by atoms with Crippen molar-refractivity contribution in [3.63, 3.8) is 0 Å². The van der Waals surface area contributed by atoms with E-state index >= 15 is 0 Å². The maximum atomic E-state index is 14.0. The van der Waals surface area contributed by atoms with Crippen LogP contribution in [0.2, 0.25) is 0 Å². The van der Waals surface area contributed by atoms with Crippen LogP contribution < -0.4 is 0 Å². The van der Waals surface area contributed by atoms with Gasteiger partial charge in [-0.25, -0.2) is 0 Å². The molecule has 0 aromatic heterocycles. The molecule has 0 radical (unpaired) electrons. The van der Waals surface area contributed by atoms with Gasteiger partial charge in [-0.05, 0) is 83.7 Å². The lowest BCUT2D eigenvalue weighted by Crippen LogP contribution is -2.42. The molecule has 0 saturated carbocycles. The summed E-state index contributed by atoms with van der Waals surface area (Å²) in [5.41, 5.74) is 7.38. The van der Waals surface area contributed by atoms with Crippen molar-refractivity contribution in [3.8, 4) is 0 Å². The molecule has 0 aliphatic carbocycles. The molecule has 0 unspecified atom stereocenters. The molecular weight excluding hydrogens is 765 g/mol. The Morgan fingerprint density at radius 3 is 1.21 bits per heavy atom. The topological polar surface area (TPSA) is 74.8 Å². The number of nitrogens with zero attached hydrogens (tertiary/aromatic N) is 2. The fourth-order valence-electron chi connectivity index (χ4n) is 9.21. The highest BCUT2D eigenvalue weighted by molar-refractivity contribution is 6.27. The molecule has 0 bridgehead atoms. The van der Waals surface area contributed by atoms with E-state index < -0.39 is 0 Å². The second kappa shape index (κ2) is 21.8. The van der Waals surface area contributed by atoms with E-state index in [1.54, 1.807) is 4.90 Å². The third kappa shape index (κ3) is 10.2. The Hall–Kier alpha value is -5.88. The van der Waals surface area contributed by atoms with Gasteiger partial charge < -0.3 is 0 Å². The largest absolute Gasteiger partial charge is 0.274 e. The molecular formula is C56H62N2O4. The third-order valence-electron chi connectivity index (χ3n) is 12.7. The zero-order chi connectivity index (χ0) is 43.3. The number of carbonyl (C=O) groups excluding carboxylic acids is 4. The summed E-state index contributed by atoms with van der Waals surface area (Å²) >= 11 is 0. The average Bonchev–Trinajstić information content (AvgIpc) is 3.31. The van der Waals surface area contributed by atoms with Crippen LogP contribution in [0, 0.1) is 0 Å². The summed E-state index contributed by atoms with van der Waals surface area (Å²) in [6.07, 6.45) is 16.9. The Bertz CT molecular complexity index is 2340. The Morgan fingerprint density at radius 1 is 0.355 bits per heavy atom. The summed E-state index contributed by atoms with van der Waals surface area (Å²) < 4.78 is 0. The first-order valence-corrected chi connectivity index (χ1v) is 23.3. The van der Waals surface area contributed by atoms with Gasteiger partial charge in [-0.1, -0.05) is 187 Å². The first kappa shape index (κ1) is 44.2. The van der Waals surface area contributed by atoms with Crippen LogP contribution in [0.1, 0.15) is 155 Å². The molecule has 4 amide bonds. The number of unbranched alkanes of at least 4 members (excludes halogenated alkanes) is 10.